The summed E-state index contributed by atoms with van der Waals surface area (Å²) in [6.45, 7) is 6.41. The number of hydrogen-bond acceptors (Lipinski definition) is 6. The normalized spacial score (nSPS) is 10.9. The predicted molar refractivity (Wildman–Crippen MR) is 137 cm³/mol. The van der Waals surface area contributed by atoms with Gasteiger partial charge in [-0.1, -0.05) is 51.5 Å². The van der Waals surface area contributed by atoms with Gasteiger partial charge in [-0.15, -0.1) is 0 Å². The first-order chi connectivity index (χ1) is 17.0. The molecule has 0 amide bonds. The van der Waals surface area contributed by atoms with Gasteiger partial charge in [0.25, 0.3) is 0 Å². The zero-order valence-corrected chi connectivity index (χ0v) is 20.6. The highest BCUT2D eigenvalue weighted by molar-refractivity contribution is 5.88. The number of nitrogens with zero attached hydrogens (tertiary/aromatic N) is 2. The van der Waals surface area contributed by atoms with Gasteiger partial charge >= 0.3 is 11.9 Å². The third kappa shape index (κ3) is 12.0. The molecule has 0 bridgehead atoms. The monoisotopic (exact) mass is 480 g/mol. The molecule has 0 unspecified atom stereocenters. The molecule has 2 aromatic rings. The number of rotatable bonds is 17. The molecule has 0 aromatic heterocycles. The molecule has 0 fully saturated rings. The fourth-order valence-electron chi connectivity index (χ4n) is 3.31. The van der Waals surface area contributed by atoms with Crippen molar-refractivity contribution in [3.63, 3.8) is 0 Å². The van der Waals surface area contributed by atoms with Gasteiger partial charge in [0.15, 0.2) is 0 Å². The van der Waals surface area contributed by atoms with Crippen LogP contribution in [0, 0.1) is 0 Å². The minimum absolute atomic E-state index is 0.220. The summed E-state index contributed by atoms with van der Waals surface area (Å²) in [7, 11) is 0. The molecule has 0 aliphatic heterocycles. The first-order valence-electron chi connectivity index (χ1n) is 12.3. The van der Waals surface area contributed by atoms with E-state index in [0.717, 1.165) is 31.4 Å². The minimum atomic E-state index is -0.965. The lowest BCUT2D eigenvalue weighted by atomic mass is 10.1. The number of ether oxygens (including phenoxy) is 2. The van der Waals surface area contributed by atoms with Crippen molar-refractivity contribution in [2.75, 3.05) is 13.2 Å². The molecular formula is C28H36N2O5. The Morgan fingerprint density at radius 2 is 1.20 bits per heavy atom. The van der Waals surface area contributed by atoms with Crippen LogP contribution in [-0.2, 0) is 9.53 Å². The summed E-state index contributed by atoms with van der Waals surface area (Å²) in [6.07, 6.45) is 10.3. The quantitative estimate of drug-likeness (QED) is 0.108. The van der Waals surface area contributed by atoms with Crippen molar-refractivity contribution in [3.05, 3.63) is 66.2 Å². The van der Waals surface area contributed by atoms with Crippen LogP contribution in [-0.4, -0.2) is 30.3 Å². The van der Waals surface area contributed by atoms with Crippen LogP contribution in [0.2, 0.25) is 0 Å². The van der Waals surface area contributed by atoms with E-state index in [-0.39, 0.29) is 11.5 Å². The fourth-order valence-corrected chi connectivity index (χ4v) is 3.31. The number of unbranched alkanes of at least 4 members (excludes halogenated alkanes) is 8. The van der Waals surface area contributed by atoms with E-state index in [9.17, 15) is 9.59 Å². The number of carbonyl (C=O) groups is 2. The van der Waals surface area contributed by atoms with E-state index in [0.29, 0.717) is 30.2 Å². The minimum Gasteiger partial charge on any atom is -0.494 e. The standard InChI is InChI=1S/C28H36N2O5/c1-22(2)28(33)35-21-11-9-7-5-3-4-6-8-10-20-34-26-18-16-25(17-19-26)30-29-24-14-12-23(13-15-24)27(31)32/h12-19H,1,3-11,20-21H2,2H3,(H,31,32). The third-order valence-corrected chi connectivity index (χ3v) is 5.37. The Bertz CT molecular complexity index is 952. The van der Waals surface area contributed by atoms with Crippen LogP contribution in [0.3, 0.4) is 0 Å². The maximum absolute atomic E-state index is 11.3. The average Bonchev–Trinajstić information content (AvgIpc) is 2.86. The molecule has 7 heteroatoms. The summed E-state index contributed by atoms with van der Waals surface area (Å²) in [5, 5.41) is 17.2. The van der Waals surface area contributed by atoms with Crippen molar-refractivity contribution in [1.82, 2.24) is 0 Å². The van der Waals surface area contributed by atoms with Gasteiger partial charge in [-0.2, -0.15) is 10.2 Å². The molecular weight excluding hydrogens is 444 g/mol. The molecule has 0 saturated carbocycles. The Hall–Kier alpha value is -3.48. The molecule has 0 radical (unpaired) electrons. The van der Waals surface area contributed by atoms with Crippen LogP contribution in [0.5, 0.6) is 5.75 Å². The van der Waals surface area contributed by atoms with Crippen molar-refractivity contribution >= 4 is 23.3 Å². The molecule has 1 N–H and O–H groups in total. The summed E-state index contributed by atoms with van der Waals surface area (Å²) in [6, 6.07) is 13.7. The van der Waals surface area contributed by atoms with Gasteiger partial charge in [0.05, 0.1) is 30.2 Å². The van der Waals surface area contributed by atoms with Crippen LogP contribution in [0.15, 0.2) is 70.9 Å². The average molecular weight is 481 g/mol. The molecule has 0 saturated heterocycles. The van der Waals surface area contributed by atoms with E-state index in [4.69, 9.17) is 14.6 Å². The Morgan fingerprint density at radius 1 is 0.743 bits per heavy atom. The maximum Gasteiger partial charge on any atom is 0.335 e. The Labute approximate surface area is 207 Å². The molecule has 35 heavy (non-hydrogen) atoms. The predicted octanol–water partition coefficient (Wildman–Crippen LogP) is 7.81. The highest BCUT2D eigenvalue weighted by Crippen LogP contribution is 2.22. The lowest BCUT2D eigenvalue weighted by Gasteiger charge is -2.06. The number of hydrogen-bond donors (Lipinski definition) is 1. The van der Waals surface area contributed by atoms with Gasteiger partial charge in [-0.25, -0.2) is 9.59 Å². The second-order valence-corrected chi connectivity index (χ2v) is 8.49. The number of carboxylic acid groups (broad SMARTS) is 1. The van der Waals surface area contributed by atoms with Crippen LogP contribution >= 0.6 is 0 Å². The van der Waals surface area contributed by atoms with Crippen molar-refractivity contribution in [2.24, 2.45) is 10.2 Å². The van der Waals surface area contributed by atoms with E-state index < -0.39 is 5.97 Å². The lowest BCUT2D eigenvalue weighted by molar-refractivity contribution is -0.139. The van der Waals surface area contributed by atoms with E-state index in [1.54, 1.807) is 19.1 Å². The molecule has 0 aliphatic carbocycles. The third-order valence-electron chi connectivity index (χ3n) is 5.37. The Balaban J connectivity index is 1.48. The maximum atomic E-state index is 11.3. The van der Waals surface area contributed by atoms with Gasteiger partial charge in [-0.3, -0.25) is 0 Å². The van der Waals surface area contributed by atoms with Crippen molar-refractivity contribution in [3.8, 4) is 5.75 Å². The molecule has 188 valence electrons. The number of aromatic carboxylic acids is 1. The largest absolute Gasteiger partial charge is 0.494 e. The first-order valence-corrected chi connectivity index (χ1v) is 12.3. The van der Waals surface area contributed by atoms with E-state index >= 15 is 0 Å². The van der Waals surface area contributed by atoms with Crippen LogP contribution < -0.4 is 4.74 Å². The second-order valence-electron chi connectivity index (χ2n) is 8.49. The van der Waals surface area contributed by atoms with Crippen molar-refractivity contribution in [2.45, 2.75) is 64.7 Å². The number of benzene rings is 2. The molecule has 0 spiro atoms. The molecule has 2 rings (SSSR count). The molecule has 0 atom stereocenters. The summed E-state index contributed by atoms with van der Waals surface area (Å²) >= 11 is 0. The van der Waals surface area contributed by atoms with Gasteiger partial charge in [-0.05, 0) is 68.3 Å². The fraction of sp³-hybridized carbons (Fsp3) is 0.429. The molecule has 0 heterocycles. The highest BCUT2D eigenvalue weighted by atomic mass is 16.5. The summed E-state index contributed by atoms with van der Waals surface area (Å²) in [5.74, 6) is -0.451. The van der Waals surface area contributed by atoms with Gasteiger partial charge in [0.1, 0.15) is 5.75 Å². The topological polar surface area (TPSA) is 97.5 Å². The Morgan fingerprint density at radius 3 is 1.69 bits per heavy atom. The second kappa shape index (κ2) is 16.2. The van der Waals surface area contributed by atoms with Gasteiger partial charge < -0.3 is 14.6 Å². The van der Waals surface area contributed by atoms with E-state index in [1.165, 1.54) is 44.2 Å². The van der Waals surface area contributed by atoms with E-state index in [2.05, 4.69) is 16.8 Å². The summed E-state index contributed by atoms with van der Waals surface area (Å²) in [5.41, 5.74) is 1.97. The molecule has 0 aliphatic rings. The van der Waals surface area contributed by atoms with Crippen molar-refractivity contribution in [1.29, 1.82) is 0 Å². The van der Waals surface area contributed by atoms with Gasteiger partial charge in [0, 0.05) is 5.57 Å². The molecule has 7 nitrogen and oxygen atoms in total. The number of carbonyl (C=O) groups excluding carboxylic acids is 1. The zero-order valence-electron chi connectivity index (χ0n) is 20.6. The first kappa shape index (κ1) is 27.8. The number of esters is 1. The SMILES string of the molecule is C=C(C)C(=O)OCCCCCCCCCCCOc1ccc(N=Nc2ccc(C(=O)O)cc2)cc1. The van der Waals surface area contributed by atoms with Crippen molar-refractivity contribution < 1.29 is 24.2 Å². The van der Waals surface area contributed by atoms with E-state index in [1.807, 2.05) is 24.3 Å². The van der Waals surface area contributed by atoms with Crippen LogP contribution in [0.1, 0.15) is 75.1 Å². The van der Waals surface area contributed by atoms with Crippen LogP contribution in [0.4, 0.5) is 11.4 Å². The summed E-state index contributed by atoms with van der Waals surface area (Å²) < 4.78 is 10.9. The Kier molecular flexibility index (Phi) is 12.8. The summed E-state index contributed by atoms with van der Waals surface area (Å²) in [4.78, 5) is 22.1. The number of azo groups is 1. The molecule has 2 aromatic carbocycles. The smallest absolute Gasteiger partial charge is 0.335 e. The highest BCUT2D eigenvalue weighted by Gasteiger charge is 2.02. The van der Waals surface area contributed by atoms with Gasteiger partial charge in [0.2, 0.25) is 0 Å². The van der Waals surface area contributed by atoms with Crippen LogP contribution in [0.25, 0.3) is 0 Å². The lowest BCUT2D eigenvalue weighted by Crippen LogP contribution is -2.05. The number of carboxylic acids is 1. The zero-order chi connectivity index (χ0) is 25.3.